The Bertz CT molecular complexity index is 1780. The van der Waals surface area contributed by atoms with Crippen LogP contribution in [0.15, 0.2) is 94.5 Å². The lowest BCUT2D eigenvalue weighted by molar-refractivity contribution is -0.149. The van der Waals surface area contributed by atoms with E-state index in [1.807, 2.05) is 35.3 Å². The molecule has 1 fully saturated rings. The van der Waals surface area contributed by atoms with E-state index in [4.69, 9.17) is 18.5 Å². The zero-order valence-corrected chi connectivity index (χ0v) is 26.2. The number of aliphatic hydroxyl groups excluding tert-OH is 1. The lowest BCUT2D eigenvalue weighted by Crippen LogP contribution is -2.42. The molecule has 0 aliphatic carbocycles. The molecule has 0 saturated carbocycles. The number of aromatic nitrogens is 2. The quantitative estimate of drug-likeness (QED) is 0.0843. The summed E-state index contributed by atoms with van der Waals surface area (Å²) in [4.78, 5) is 50.8. The molecule has 2 heterocycles. The van der Waals surface area contributed by atoms with Gasteiger partial charge in [-0.15, -0.1) is 0 Å². The molecule has 0 bridgehead atoms. The minimum Gasteiger partial charge on any atom is -0.465 e. The first kappa shape index (κ1) is 34.1. The molecule has 2 aromatic carbocycles. The standard InChI is InChI=1S/C31H33FN3O10P/c1-19(2)43-28(39)20(3)34-46(41,45-23-13-11-22(12-14-23)24(36)15-10-21-8-6-5-7-9-21)42-18-25-27(38)31(4,32)29(44-25)35-17-16-26(37)33-30(35)40/h5-20,27,29,38H,1-4H3,(H,34,41)(H,33,37,40)/b15-10+,25-18+/t20?,27-,29-,31-,46?/m1/s1. The molecule has 3 aromatic rings. The number of rotatable bonds is 12. The van der Waals surface area contributed by atoms with Gasteiger partial charge in [-0.1, -0.05) is 36.4 Å². The molecule has 3 N–H and O–H groups in total. The molecule has 15 heteroatoms. The van der Waals surface area contributed by atoms with Gasteiger partial charge in [0.1, 0.15) is 18.1 Å². The van der Waals surface area contributed by atoms with Crippen LogP contribution in [0.4, 0.5) is 4.39 Å². The minimum atomic E-state index is -4.57. The fraction of sp³-hybridized carbons (Fsp3) is 0.290. The highest BCUT2D eigenvalue weighted by Gasteiger charge is 2.54. The topological polar surface area (TPSA) is 175 Å². The zero-order chi connectivity index (χ0) is 33.6. The first-order chi connectivity index (χ1) is 21.7. The molecule has 4 rings (SSSR count). The maximum Gasteiger partial charge on any atom is 0.513 e. The number of nitrogens with one attached hydrogen (secondary N) is 2. The molecule has 0 spiro atoms. The number of nitrogens with zero attached hydrogens (tertiary/aromatic N) is 1. The van der Waals surface area contributed by atoms with Crippen molar-refractivity contribution in [1.29, 1.82) is 0 Å². The summed E-state index contributed by atoms with van der Waals surface area (Å²) in [5.74, 6) is -1.70. The summed E-state index contributed by atoms with van der Waals surface area (Å²) in [6.45, 7) is 5.54. The van der Waals surface area contributed by atoms with Gasteiger partial charge in [-0.3, -0.25) is 23.9 Å². The van der Waals surface area contributed by atoms with E-state index < -0.39 is 60.9 Å². The van der Waals surface area contributed by atoms with Crippen molar-refractivity contribution in [2.75, 3.05) is 0 Å². The number of aromatic amines is 1. The van der Waals surface area contributed by atoms with Gasteiger partial charge in [-0.05, 0) is 63.6 Å². The molecule has 46 heavy (non-hydrogen) atoms. The minimum absolute atomic E-state index is 0.0388. The Morgan fingerprint density at radius 3 is 2.41 bits per heavy atom. The Morgan fingerprint density at radius 2 is 1.78 bits per heavy atom. The largest absolute Gasteiger partial charge is 0.513 e. The lowest BCUT2D eigenvalue weighted by atomic mass is 10.0. The van der Waals surface area contributed by atoms with Crippen LogP contribution in [0.3, 0.4) is 0 Å². The number of esters is 1. The molecule has 5 atom stereocenters. The van der Waals surface area contributed by atoms with Crippen molar-refractivity contribution in [2.45, 2.75) is 57.8 Å². The summed E-state index contributed by atoms with van der Waals surface area (Å²) in [6, 6.07) is 14.5. The number of halogens is 1. The number of ketones is 1. The second-order valence-corrected chi connectivity index (χ2v) is 12.4. The second-order valence-electron chi connectivity index (χ2n) is 10.7. The molecule has 1 saturated heterocycles. The van der Waals surface area contributed by atoms with Crippen molar-refractivity contribution in [1.82, 2.24) is 14.6 Å². The number of alkyl halides is 1. The first-order valence-corrected chi connectivity index (χ1v) is 15.6. The second kappa shape index (κ2) is 14.1. The summed E-state index contributed by atoms with van der Waals surface area (Å²) < 4.78 is 51.8. The molecular formula is C31H33FN3O10P. The van der Waals surface area contributed by atoms with Crippen LogP contribution in [0, 0.1) is 0 Å². The monoisotopic (exact) mass is 657 g/mol. The third-order valence-corrected chi connectivity index (χ3v) is 8.13. The lowest BCUT2D eigenvalue weighted by Gasteiger charge is -2.23. The van der Waals surface area contributed by atoms with Gasteiger partial charge in [-0.25, -0.2) is 13.8 Å². The third-order valence-electron chi connectivity index (χ3n) is 6.59. The predicted octanol–water partition coefficient (Wildman–Crippen LogP) is 4.03. The Labute approximate surface area is 262 Å². The van der Waals surface area contributed by atoms with Crippen LogP contribution in [0.1, 0.15) is 49.8 Å². The number of aliphatic hydroxyl groups is 1. The van der Waals surface area contributed by atoms with E-state index in [0.29, 0.717) is 11.8 Å². The Kier molecular flexibility index (Phi) is 10.5. The fourth-order valence-corrected chi connectivity index (χ4v) is 5.61. The van der Waals surface area contributed by atoms with E-state index in [-0.39, 0.29) is 11.5 Å². The number of hydrogen-bond acceptors (Lipinski definition) is 10. The van der Waals surface area contributed by atoms with Gasteiger partial charge in [-0.2, -0.15) is 5.09 Å². The average Bonchev–Trinajstić information content (AvgIpc) is 3.23. The molecular weight excluding hydrogens is 624 g/mol. The SMILES string of the molecule is CC(C)OC(=O)C(C)NP(=O)(O/C=C1/O[C@@H](n2ccc(=O)[nH]c2=O)[C@](C)(F)[C@@H]1O)Oc1ccc(C(=O)/C=C/c2ccccc2)cc1. The average molecular weight is 658 g/mol. The van der Waals surface area contributed by atoms with E-state index in [9.17, 15) is 28.8 Å². The molecule has 13 nitrogen and oxygen atoms in total. The Morgan fingerprint density at radius 1 is 1.11 bits per heavy atom. The predicted molar refractivity (Wildman–Crippen MR) is 164 cm³/mol. The van der Waals surface area contributed by atoms with Crippen LogP contribution in [0.2, 0.25) is 0 Å². The highest BCUT2D eigenvalue weighted by Crippen LogP contribution is 2.48. The van der Waals surface area contributed by atoms with Gasteiger partial charge in [0.2, 0.25) is 6.23 Å². The number of carbonyl (C=O) groups excluding carboxylic acids is 2. The zero-order valence-electron chi connectivity index (χ0n) is 25.3. The summed E-state index contributed by atoms with van der Waals surface area (Å²) >= 11 is 0. The number of ether oxygens (including phenoxy) is 2. The van der Waals surface area contributed by atoms with Crippen LogP contribution in [0.5, 0.6) is 5.75 Å². The fourth-order valence-electron chi connectivity index (χ4n) is 4.23. The van der Waals surface area contributed by atoms with Crippen molar-refractivity contribution in [3.63, 3.8) is 0 Å². The first-order valence-electron chi connectivity index (χ1n) is 14.1. The number of carbonyl (C=O) groups is 2. The maximum atomic E-state index is 15.6. The maximum absolute atomic E-state index is 15.6. The normalized spacial score (nSPS) is 22.3. The summed E-state index contributed by atoms with van der Waals surface area (Å²) in [6.07, 6.45) is 0.444. The Hall–Kier alpha value is -4.78. The van der Waals surface area contributed by atoms with Gasteiger partial charge >= 0.3 is 19.4 Å². The van der Waals surface area contributed by atoms with Crippen molar-refractivity contribution >= 4 is 25.6 Å². The molecule has 1 aliphatic rings. The summed E-state index contributed by atoms with van der Waals surface area (Å²) in [5.41, 5.74) is -3.20. The smallest absolute Gasteiger partial charge is 0.465 e. The molecule has 0 amide bonds. The molecule has 1 aliphatic heterocycles. The number of allylic oxidation sites excluding steroid dienone is 1. The molecule has 0 radical (unpaired) electrons. The summed E-state index contributed by atoms with van der Waals surface area (Å²) in [7, 11) is -4.57. The van der Waals surface area contributed by atoms with Crippen LogP contribution >= 0.6 is 7.75 Å². The van der Waals surface area contributed by atoms with Gasteiger partial charge < -0.3 is 23.6 Å². The van der Waals surface area contributed by atoms with E-state index >= 15 is 4.39 Å². The van der Waals surface area contributed by atoms with E-state index in [1.54, 1.807) is 19.9 Å². The molecule has 2 unspecified atom stereocenters. The van der Waals surface area contributed by atoms with Gasteiger partial charge in [0, 0.05) is 17.8 Å². The van der Waals surface area contributed by atoms with E-state index in [1.165, 1.54) is 37.3 Å². The third kappa shape index (κ3) is 8.27. The van der Waals surface area contributed by atoms with Crippen molar-refractivity contribution in [3.8, 4) is 5.75 Å². The van der Waals surface area contributed by atoms with Crippen LogP contribution in [-0.2, 0) is 23.4 Å². The number of benzene rings is 2. The summed E-state index contributed by atoms with van der Waals surface area (Å²) in [5, 5.41) is 13.1. The highest BCUT2D eigenvalue weighted by atomic mass is 31.2. The van der Waals surface area contributed by atoms with Gasteiger partial charge in [0.25, 0.3) is 5.56 Å². The number of H-pyrrole nitrogens is 1. The van der Waals surface area contributed by atoms with Gasteiger partial charge in [0.05, 0.1) is 6.10 Å². The number of hydrogen-bond donors (Lipinski definition) is 3. The van der Waals surface area contributed by atoms with Crippen LogP contribution < -0.4 is 20.9 Å². The van der Waals surface area contributed by atoms with E-state index in [0.717, 1.165) is 29.3 Å². The molecule has 244 valence electrons. The highest BCUT2D eigenvalue weighted by molar-refractivity contribution is 7.52. The van der Waals surface area contributed by atoms with Crippen molar-refractivity contribution < 1.29 is 42.2 Å². The van der Waals surface area contributed by atoms with Crippen molar-refractivity contribution in [2.24, 2.45) is 0 Å². The van der Waals surface area contributed by atoms with Crippen LogP contribution in [0.25, 0.3) is 6.08 Å². The van der Waals surface area contributed by atoms with E-state index in [2.05, 4.69) is 5.09 Å². The van der Waals surface area contributed by atoms with Crippen molar-refractivity contribution in [3.05, 3.63) is 117 Å². The van der Waals surface area contributed by atoms with Crippen LogP contribution in [-0.4, -0.2) is 50.3 Å². The Balaban J connectivity index is 1.57. The van der Waals surface area contributed by atoms with Gasteiger partial charge in [0.15, 0.2) is 23.3 Å². The molecule has 1 aromatic heterocycles.